The number of hydrogen-bond acceptors (Lipinski definition) is 3. The van der Waals surface area contributed by atoms with Gasteiger partial charge in [0.15, 0.2) is 0 Å². The number of nitrogen functional groups attached to an aromatic ring is 1. The lowest BCUT2D eigenvalue weighted by molar-refractivity contribution is 0.438. The fourth-order valence-electron chi connectivity index (χ4n) is 1.65. The Morgan fingerprint density at radius 3 is 2.62 bits per heavy atom. The molecule has 0 spiro atoms. The van der Waals surface area contributed by atoms with Crippen LogP contribution in [0, 0.1) is 0 Å². The molecule has 84 valence electrons. The number of anilines is 1. The summed E-state index contributed by atoms with van der Waals surface area (Å²) in [5.74, 6) is 0.409. The van der Waals surface area contributed by atoms with Crippen LogP contribution >= 0.6 is 11.6 Å². The van der Waals surface area contributed by atoms with Gasteiger partial charge in [-0.05, 0) is 18.6 Å². The van der Waals surface area contributed by atoms with Crippen LogP contribution in [0.3, 0.4) is 0 Å². The van der Waals surface area contributed by atoms with E-state index >= 15 is 0 Å². The summed E-state index contributed by atoms with van der Waals surface area (Å²) < 4.78 is 5.03. The number of aromatic nitrogens is 1. The fourth-order valence-corrected chi connectivity index (χ4v) is 1.77. The molecule has 3 nitrogen and oxygen atoms in total. The molecule has 1 heterocycles. The Balaban J connectivity index is 2.43. The van der Waals surface area contributed by atoms with Gasteiger partial charge >= 0.3 is 0 Å². The third-order valence-electron chi connectivity index (χ3n) is 2.44. The number of nitrogens with two attached hydrogens (primary N) is 1. The first-order valence-corrected chi connectivity index (χ1v) is 5.60. The Kier molecular flexibility index (Phi) is 3.15. The van der Waals surface area contributed by atoms with Gasteiger partial charge in [-0.3, -0.25) is 0 Å². The minimum absolute atomic E-state index is 0.409. The predicted octanol–water partition coefficient (Wildman–Crippen LogP) is 3.53. The van der Waals surface area contributed by atoms with Crippen molar-refractivity contribution in [3.63, 3.8) is 0 Å². The number of benzene rings is 1. The van der Waals surface area contributed by atoms with E-state index in [0.29, 0.717) is 10.9 Å². The van der Waals surface area contributed by atoms with Gasteiger partial charge in [-0.15, -0.1) is 0 Å². The monoisotopic (exact) mass is 236 g/mol. The van der Waals surface area contributed by atoms with E-state index in [0.717, 1.165) is 29.7 Å². The van der Waals surface area contributed by atoms with E-state index in [1.807, 2.05) is 24.3 Å². The smallest absolute Gasteiger partial charge is 0.225 e. The van der Waals surface area contributed by atoms with Gasteiger partial charge in [0.1, 0.15) is 5.69 Å². The second kappa shape index (κ2) is 4.58. The molecule has 4 heteroatoms. The zero-order valence-electron chi connectivity index (χ0n) is 9.03. The van der Waals surface area contributed by atoms with Crippen LogP contribution in [0.25, 0.3) is 11.3 Å². The SMILES string of the molecule is CCCc1c(-c2ccc(Cl)cc2)noc1N. The van der Waals surface area contributed by atoms with Crippen molar-refractivity contribution in [1.29, 1.82) is 0 Å². The lowest BCUT2D eigenvalue weighted by Crippen LogP contribution is -1.91. The molecule has 0 saturated heterocycles. The number of hydrogen-bond donors (Lipinski definition) is 1. The molecular weight excluding hydrogens is 224 g/mol. The molecule has 0 aliphatic rings. The highest BCUT2D eigenvalue weighted by molar-refractivity contribution is 6.30. The van der Waals surface area contributed by atoms with Gasteiger partial charge < -0.3 is 10.3 Å². The van der Waals surface area contributed by atoms with Crippen molar-refractivity contribution in [3.8, 4) is 11.3 Å². The van der Waals surface area contributed by atoms with E-state index in [1.165, 1.54) is 0 Å². The predicted molar refractivity (Wildman–Crippen MR) is 65.4 cm³/mol. The maximum Gasteiger partial charge on any atom is 0.225 e. The standard InChI is InChI=1S/C12H13ClN2O/c1-2-3-10-11(15-16-12(10)14)8-4-6-9(13)7-5-8/h4-7H,2-3,14H2,1H3. The highest BCUT2D eigenvalue weighted by atomic mass is 35.5. The van der Waals surface area contributed by atoms with E-state index in [2.05, 4.69) is 12.1 Å². The summed E-state index contributed by atoms with van der Waals surface area (Å²) in [6.07, 6.45) is 1.87. The zero-order valence-corrected chi connectivity index (χ0v) is 9.79. The van der Waals surface area contributed by atoms with Crippen LogP contribution in [-0.2, 0) is 6.42 Å². The second-order valence-electron chi connectivity index (χ2n) is 3.63. The highest BCUT2D eigenvalue weighted by Crippen LogP contribution is 2.28. The second-order valence-corrected chi connectivity index (χ2v) is 4.07. The fraction of sp³-hybridized carbons (Fsp3) is 0.250. The van der Waals surface area contributed by atoms with Gasteiger partial charge in [0.25, 0.3) is 0 Å². The van der Waals surface area contributed by atoms with Gasteiger partial charge in [0.05, 0.1) is 0 Å². The molecule has 0 radical (unpaired) electrons. The molecule has 2 rings (SSSR count). The summed E-state index contributed by atoms with van der Waals surface area (Å²) in [7, 11) is 0. The van der Waals surface area contributed by atoms with Crippen LogP contribution in [-0.4, -0.2) is 5.16 Å². The first-order valence-electron chi connectivity index (χ1n) is 5.22. The van der Waals surface area contributed by atoms with Gasteiger partial charge in [0, 0.05) is 16.1 Å². The third kappa shape index (κ3) is 2.04. The highest BCUT2D eigenvalue weighted by Gasteiger charge is 2.14. The van der Waals surface area contributed by atoms with Crippen molar-refractivity contribution in [3.05, 3.63) is 34.9 Å². The molecule has 0 aliphatic carbocycles. The van der Waals surface area contributed by atoms with Crippen molar-refractivity contribution < 1.29 is 4.52 Å². The first-order chi connectivity index (χ1) is 7.72. The van der Waals surface area contributed by atoms with Crippen molar-refractivity contribution in [2.45, 2.75) is 19.8 Å². The average Bonchev–Trinajstić information content (AvgIpc) is 2.63. The third-order valence-corrected chi connectivity index (χ3v) is 2.69. The summed E-state index contributed by atoms with van der Waals surface area (Å²) >= 11 is 5.84. The minimum Gasteiger partial charge on any atom is -0.367 e. The Morgan fingerprint density at radius 1 is 1.31 bits per heavy atom. The summed E-state index contributed by atoms with van der Waals surface area (Å²) in [6.45, 7) is 2.10. The maximum atomic E-state index is 5.84. The van der Waals surface area contributed by atoms with Crippen molar-refractivity contribution in [1.82, 2.24) is 5.16 Å². The normalized spacial score (nSPS) is 10.6. The molecule has 1 aromatic carbocycles. The summed E-state index contributed by atoms with van der Waals surface area (Å²) in [5.41, 5.74) is 8.51. The molecule has 0 amide bonds. The number of rotatable bonds is 3. The molecule has 0 aliphatic heterocycles. The first kappa shape index (κ1) is 11.0. The van der Waals surface area contributed by atoms with E-state index in [-0.39, 0.29) is 0 Å². The summed E-state index contributed by atoms with van der Waals surface area (Å²) in [5, 5.41) is 4.70. The number of halogens is 1. The number of nitrogens with zero attached hydrogens (tertiary/aromatic N) is 1. The molecule has 2 N–H and O–H groups in total. The molecule has 1 aromatic heterocycles. The quantitative estimate of drug-likeness (QED) is 0.887. The Bertz CT molecular complexity index is 476. The molecule has 0 bridgehead atoms. The van der Waals surface area contributed by atoms with Crippen LogP contribution in [0.2, 0.25) is 5.02 Å². The average molecular weight is 237 g/mol. The van der Waals surface area contributed by atoms with Crippen LogP contribution in [0.1, 0.15) is 18.9 Å². The van der Waals surface area contributed by atoms with E-state index in [4.69, 9.17) is 21.9 Å². The van der Waals surface area contributed by atoms with Crippen LogP contribution in [0.5, 0.6) is 0 Å². The molecular formula is C12H13ClN2O. The molecule has 0 atom stereocenters. The minimum atomic E-state index is 0.409. The molecule has 0 fully saturated rings. The van der Waals surface area contributed by atoms with Crippen LogP contribution in [0.15, 0.2) is 28.8 Å². The molecule has 0 saturated carbocycles. The largest absolute Gasteiger partial charge is 0.367 e. The van der Waals surface area contributed by atoms with Crippen LogP contribution in [0.4, 0.5) is 5.88 Å². The van der Waals surface area contributed by atoms with E-state index in [1.54, 1.807) is 0 Å². The van der Waals surface area contributed by atoms with Crippen LogP contribution < -0.4 is 5.73 Å². The van der Waals surface area contributed by atoms with Gasteiger partial charge in [-0.25, -0.2) is 0 Å². The Hall–Kier alpha value is -1.48. The molecule has 16 heavy (non-hydrogen) atoms. The van der Waals surface area contributed by atoms with Gasteiger partial charge in [-0.2, -0.15) is 0 Å². The van der Waals surface area contributed by atoms with Gasteiger partial charge in [0.2, 0.25) is 5.88 Å². The lowest BCUT2D eigenvalue weighted by atomic mass is 10.0. The topological polar surface area (TPSA) is 52.0 Å². The van der Waals surface area contributed by atoms with Crippen molar-refractivity contribution >= 4 is 17.5 Å². The van der Waals surface area contributed by atoms with Gasteiger partial charge in [-0.1, -0.05) is 42.2 Å². The Morgan fingerprint density at radius 2 is 2.00 bits per heavy atom. The summed E-state index contributed by atoms with van der Waals surface area (Å²) in [6, 6.07) is 7.49. The van der Waals surface area contributed by atoms with E-state index in [9.17, 15) is 0 Å². The molecule has 2 aromatic rings. The Labute approximate surface area is 99.2 Å². The lowest BCUT2D eigenvalue weighted by Gasteiger charge is -2.00. The summed E-state index contributed by atoms with van der Waals surface area (Å²) in [4.78, 5) is 0. The van der Waals surface area contributed by atoms with Crippen molar-refractivity contribution in [2.24, 2.45) is 0 Å². The molecule has 0 unspecified atom stereocenters. The van der Waals surface area contributed by atoms with Crippen molar-refractivity contribution in [2.75, 3.05) is 5.73 Å². The van der Waals surface area contributed by atoms with E-state index < -0.39 is 0 Å². The maximum absolute atomic E-state index is 5.84. The zero-order chi connectivity index (χ0) is 11.5.